The van der Waals surface area contributed by atoms with Crippen molar-refractivity contribution in [3.63, 3.8) is 0 Å². The lowest BCUT2D eigenvalue weighted by Crippen LogP contribution is -2.11. The minimum atomic E-state index is 0.106. The quantitative estimate of drug-likeness (QED) is 0.758. The Hall–Kier alpha value is 0.110. The van der Waals surface area contributed by atoms with Crippen molar-refractivity contribution in [2.75, 3.05) is 5.75 Å². The van der Waals surface area contributed by atoms with Crippen LogP contribution in [-0.2, 0) is 5.75 Å². The lowest BCUT2D eigenvalue weighted by molar-refractivity contribution is 0.705. The van der Waals surface area contributed by atoms with E-state index < -0.39 is 0 Å². The predicted octanol–water partition coefficient (Wildman–Crippen LogP) is 3.63. The molecule has 1 aliphatic heterocycles. The maximum atomic E-state index is 6.15. The van der Waals surface area contributed by atoms with Crippen molar-refractivity contribution in [1.29, 1.82) is 0 Å². The van der Waals surface area contributed by atoms with Crippen LogP contribution in [-0.4, -0.2) is 5.75 Å². The molecule has 0 aromatic heterocycles. The monoisotopic (exact) mass is 247 g/mol. The van der Waals surface area contributed by atoms with Crippen LogP contribution in [0.1, 0.15) is 23.6 Å². The number of nitrogens with two attached hydrogens (primary N) is 1. The number of hydrogen-bond donors (Lipinski definition) is 1. The van der Waals surface area contributed by atoms with Crippen molar-refractivity contribution in [3.8, 4) is 0 Å². The maximum absolute atomic E-state index is 6.15. The molecule has 1 aromatic rings. The third kappa shape index (κ3) is 1.89. The predicted molar refractivity (Wildman–Crippen MR) is 64.2 cm³/mol. The minimum absolute atomic E-state index is 0.106. The van der Waals surface area contributed by atoms with Gasteiger partial charge in [0.25, 0.3) is 0 Å². The summed E-state index contributed by atoms with van der Waals surface area (Å²) in [6, 6.07) is 3.94. The summed E-state index contributed by atoms with van der Waals surface area (Å²) in [6.45, 7) is 0. The standard InChI is InChI=1S/C10H11Cl2NS/c11-8-2-1-6-7(10(8)12)5-14-4-3-9(6)13/h1-2,9H,3-5,13H2/t9-/m1/s1. The minimum Gasteiger partial charge on any atom is -0.324 e. The summed E-state index contributed by atoms with van der Waals surface area (Å²) in [4.78, 5) is 0. The van der Waals surface area contributed by atoms with E-state index in [1.165, 1.54) is 0 Å². The van der Waals surface area contributed by atoms with Gasteiger partial charge in [-0.25, -0.2) is 0 Å². The van der Waals surface area contributed by atoms with Crippen LogP contribution in [0, 0.1) is 0 Å². The molecule has 0 saturated heterocycles. The number of hydrogen-bond acceptors (Lipinski definition) is 2. The number of thioether (sulfide) groups is 1. The molecule has 14 heavy (non-hydrogen) atoms. The molecule has 76 valence electrons. The molecule has 1 aliphatic rings. The third-order valence-corrected chi connectivity index (χ3v) is 4.31. The van der Waals surface area contributed by atoms with Gasteiger partial charge in [0.05, 0.1) is 10.0 Å². The SMILES string of the molecule is N[C@@H]1CCSCc2c1ccc(Cl)c2Cl. The molecule has 0 unspecified atom stereocenters. The van der Waals surface area contributed by atoms with Crippen molar-refractivity contribution < 1.29 is 0 Å². The Kier molecular flexibility index (Phi) is 3.27. The molecule has 0 bridgehead atoms. The second-order valence-corrected chi connectivity index (χ2v) is 5.27. The number of halogens is 2. The Morgan fingerprint density at radius 1 is 1.36 bits per heavy atom. The Labute approximate surface area is 98.0 Å². The molecule has 2 rings (SSSR count). The van der Waals surface area contributed by atoms with Gasteiger partial charge >= 0.3 is 0 Å². The third-order valence-electron chi connectivity index (χ3n) is 2.45. The highest BCUT2D eigenvalue weighted by molar-refractivity contribution is 7.98. The maximum Gasteiger partial charge on any atom is 0.0636 e. The van der Waals surface area contributed by atoms with E-state index in [-0.39, 0.29) is 6.04 Å². The van der Waals surface area contributed by atoms with Gasteiger partial charge in [-0.2, -0.15) is 11.8 Å². The zero-order valence-electron chi connectivity index (χ0n) is 7.59. The zero-order valence-corrected chi connectivity index (χ0v) is 9.92. The molecule has 1 nitrogen and oxygen atoms in total. The van der Waals surface area contributed by atoms with Crippen LogP contribution in [0.3, 0.4) is 0 Å². The summed E-state index contributed by atoms with van der Waals surface area (Å²) < 4.78 is 0. The Morgan fingerprint density at radius 3 is 2.93 bits per heavy atom. The first-order valence-corrected chi connectivity index (χ1v) is 6.41. The van der Waals surface area contributed by atoms with Gasteiger partial charge in [0.1, 0.15) is 0 Å². The van der Waals surface area contributed by atoms with Crippen molar-refractivity contribution in [1.82, 2.24) is 0 Å². The van der Waals surface area contributed by atoms with Gasteiger partial charge in [0.2, 0.25) is 0 Å². The molecule has 2 N–H and O–H groups in total. The van der Waals surface area contributed by atoms with E-state index in [9.17, 15) is 0 Å². The molecule has 1 atom stereocenters. The van der Waals surface area contributed by atoms with Crippen LogP contribution >= 0.6 is 35.0 Å². The van der Waals surface area contributed by atoms with Gasteiger partial charge < -0.3 is 5.73 Å². The van der Waals surface area contributed by atoms with Crippen molar-refractivity contribution in [3.05, 3.63) is 33.3 Å². The summed E-state index contributed by atoms with van der Waals surface area (Å²) in [7, 11) is 0. The first-order valence-electron chi connectivity index (χ1n) is 4.50. The van der Waals surface area contributed by atoms with E-state index in [4.69, 9.17) is 28.9 Å². The van der Waals surface area contributed by atoms with Crippen LogP contribution in [0.25, 0.3) is 0 Å². The molecule has 0 radical (unpaired) electrons. The summed E-state index contributed by atoms with van der Waals surface area (Å²) in [6.07, 6.45) is 1.01. The lowest BCUT2D eigenvalue weighted by Gasteiger charge is -2.13. The normalized spacial score (nSPS) is 21.5. The van der Waals surface area contributed by atoms with Crippen LogP contribution in [0.5, 0.6) is 0 Å². The summed E-state index contributed by atoms with van der Waals surface area (Å²) in [5, 5.41) is 1.30. The van der Waals surface area contributed by atoms with E-state index in [0.717, 1.165) is 29.1 Å². The molecule has 0 aliphatic carbocycles. The van der Waals surface area contributed by atoms with Gasteiger partial charge in [-0.3, -0.25) is 0 Å². The van der Waals surface area contributed by atoms with E-state index in [1.807, 2.05) is 23.9 Å². The van der Waals surface area contributed by atoms with Crippen LogP contribution < -0.4 is 5.73 Å². The van der Waals surface area contributed by atoms with Crippen molar-refractivity contribution in [2.45, 2.75) is 18.2 Å². The van der Waals surface area contributed by atoms with Gasteiger partial charge in [-0.15, -0.1) is 0 Å². The average molecular weight is 248 g/mol. The Bertz CT molecular complexity index is 354. The van der Waals surface area contributed by atoms with Gasteiger partial charge in [0, 0.05) is 11.8 Å². The highest BCUT2D eigenvalue weighted by Crippen LogP contribution is 2.37. The molecule has 1 heterocycles. The molecule has 0 fully saturated rings. The molecule has 0 amide bonds. The summed E-state index contributed by atoms with van der Waals surface area (Å²) in [5.74, 6) is 2.01. The van der Waals surface area contributed by atoms with Crippen LogP contribution in [0.4, 0.5) is 0 Å². The topological polar surface area (TPSA) is 26.0 Å². The number of fused-ring (bicyclic) bond motifs is 1. The van der Waals surface area contributed by atoms with Gasteiger partial charge in [-0.05, 0) is 29.4 Å². The van der Waals surface area contributed by atoms with Crippen LogP contribution in [0.2, 0.25) is 10.0 Å². The lowest BCUT2D eigenvalue weighted by atomic mass is 10.0. The second kappa shape index (κ2) is 4.31. The Morgan fingerprint density at radius 2 is 2.14 bits per heavy atom. The Balaban J connectivity index is 2.53. The smallest absolute Gasteiger partial charge is 0.0636 e. The summed E-state index contributed by atoms with van der Waals surface area (Å²) in [5.41, 5.74) is 8.33. The fourth-order valence-electron chi connectivity index (χ4n) is 1.64. The summed E-state index contributed by atoms with van der Waals surface area (Å²) >= 11 is 14.0. The number of benzene rings is 1. The molecule has 0 spiro atoms. The first kappa shape index (κ1) is 10.6. The average Bonchev–Trinajstić information content (AvgIpc) is 2.35. The first-order chi connectivity index (χ1) is 6.70. The largest absolute Gasteiger partial charge is 0.324 e. The van der Waals surface area contributed by atoms with Crippen molar-refractivity contribution >= 4 is 35.0 Å². The van der Waals surface area contributed by atoms with Crippen molar-refractivity contribution in [2.24, 2.45) is 5.73 Å². The highest BCUT2D eigenvalue weighted by atomic mass is 35.5. The number of rotatable bonds is 0. The molecule has 4 heteroatoms. The highest BCUT2D eigenvalue weighted by Gasteiger charge is 2.18. The zero-order chi connectivity index (χ0) is 10.1. The van der Waals surface area contributed by atoms with E-state index in [0.29, 0.717) is 10.0 Å². The van der Waals surface area contributed by atoms with Gasteiger partial charge in [0.15, 0.2) is 0 Å². The second-order valence-electron chi connectivity index (χ2n) is 3.38. The van der Waals surface area contributed by atoms with E-state index in [2.05, 4.69) is 0 Å². The molecular weight excluding hydrogens is 237 g/mol. The van der Waals surface area contributed by atoms with Crippen LogP contribution in [0.15, 0.2) is 12.1 Å². The molecule has 0 saturated carbocycles. The van der Waals surface area contributed by atoms with Gasteiger partial charge in [-0.1, -0.05) is 29.3 Å². The molecule has 1 aromatic carbocycles. The fourth-order valence-corrected chi connectivity index (χ4v) is 3.22. The van der Waals surface area contributed by atoms with E-state index in [1.54, 1.807) is 0 Å². The van der Waals surface area contributed by atoms with E-state index >= 15 is 0 Å². The molecular formula is C10H11Cl2NS. The fraction of sp³-hybridized carbons (Fsp3) is 0.400.